The van der Waals surface area contributed by atoms with E-state index in [4.69, 9.17) is 11.1 Å². The molecule has 6 heteroatoms. The average Bonchev–Trinajstić information content (AvgIpc) is 2.40. The quantitative estimate of drug-likeness (QED) is 0.629. The number of piperidine rings is 1. The number of aryl methyl sites for hydroxylation is 1. The van der Waals surface area contributed by atoms with E-state index in [1.54, 1.807) is 6.07 Å². The maximum Gasteiger partial charge on any atom is 0.225 e. The molecule has 0 aromatic carbocycles. The van der Waals surface area contributed by atoms with Gasteiger partial charge in [-0.05, 0) is 51.9 Å². The molecule has 1 fully saturated rings. The molecule has 0 radical (unpaired) electrons. The normalized spacial score (nSPS) is 17.1. The van der Waals surface area contributed by atoms with Gasteiger partial charge in [-0.15, -0.1) is 0 Å². The smallest absolute Gasteiger partial charge is 0.225 e. The highest BCUT2D eigenvalue weighted by atomic mass is 15.2. The first-order valence-electron chi connectivity index (χ1n) is 7.05. The van der Waals surface area contributed by atoms with Crippen molar-refractivity contribution >= 4 is 11.8 Å². The van der Waals surface area contributed by atoms with Gasteiger partial charge in [-0.1, -0.05) is 0 Å². The number of rotatable bonds is 4. The maximum absolute atomic E-state index is 7.51. The molecule has 0 spiro atoms. The molecule has 110 valence electrons. The van der Waals surface area contributed by atoms with Gasteiger partial charge in [-0.3, -0.25) is 5.41 Å². The van der Waals surface area contributed by atoms with Crippen LogP contribution >= 0.6 is 0 Å². The van der Waals surface area contributed by atoms with Gasteiger partial charge in [-0.2, -0.15) is 0 Å². The first kappa shape index (κ1) is 14.7. The zero-order chi connectivity index (χ0) is 14.7. The Morgan fingerprint density at radius 3 is 2.70 bits per heavy atom. The molecule has 0 unspecified atom stereocenters. The zero-order valence-corrected chi connectivity index (χ0v) is 12.6. The van der Waals surface area contributed by atoms with E-state index >= 15 is 0 Å². The predicted molar refractivity (Wildman–Crippen MR) is 81.3 cm³/mol. The molecular formula is C14H24N6. The van der Waals surface area contributed by atoms with Crippen LogP contribution in [0.2, 0.25) is 0 Å². The van der Waals surface area contributed by atoms with E-state index in [0.29, 0.717) is 17.6 Å². The Bertz CT molecular complexity index is 479. The van der Waals surface area contributed by atoms with Crippen LogP contribution in [0.5, 0.6) is 0 Å². The van der Waals surface area contributed by atoms with Crippen LogP contribution in [0.25, 0.3) is 0 Å². The Hall–Kier alpha value is -1.69. The van der Waals surface area contributed by atoms with Gasteiger partial charge in [0.2, 0.25) is 5.95 Å². The van der Waals surface area contributed by atoms with Crippen LogP contribution in [-0.4, -0.2) is 54.4 Å². The molecule has 0 amide bonds. The molecule has 20 heavy (non-hydrogen) atoms. The second-order valence-electron chi connectivity index (χ2n) is 5.74. The number of aromatic nitrogens is 2. The van der Waals surface area contributed by atoms with E-state index in [9.17, 15) is 0 Å². The third-order valence-corrected chi connectivity index (χ3v) is 3.83. The summed E-state index contributed by atoms with van der Waals surface area (Å²) in [6, 6.07) is 1.75. The van der Waals surface area contributed by atoms with Crippen LogP contribution in [0.4, 0.5) is 5.95 Å². The van der Waals surface area contributed by atoms with Crippen LogP contribution in [-0.2, 0) is 0 Å². The standard InChI is InChI=1S/C14H24N6/c1-10-8-12(13(15)16)18-14(17-10)20(3)9-11-4-6-19(2)7-5-11/h8,11H,4-7,9H2,1-3H3,(H3,15,16). The summed E-state index contributed by atoms with van der Waals surface area (Å²) in [6.45, 7) is 5.17. The summed E-state index contributed by atoms with van der Waals surface area (Å²) >= 11 is 0. The molecule has 2 heterocycles. The number of likely N-dealkylation sites (tertiary alicyclic amines) is 1. The summed E-state index contributed by atoms with van der Waals surface area (Å²) in [7, 11) is 4.18. The van der Waals surface area contributed by atoms with Gasteiger partial charge >= 0.3 is 0 Å². The highest BCUT2D eigenvalue weighted by Crippen LogP contribution is 2.19. The molecule has 1 saturated heterocycles. The van der Waals surface area contributed by atoms with E-state index in [1.165, 1.54) is 12.8 Å². The Kier molecular flexibility index (Phi) is 4.54. The van der Waals surface area contributed by atoms with Crippen molar-refractivity contribution in [2.75, 3.05) is 38.6 Å². The molecule has 2 rings (SSSR count). The summed E-state index contributed by atoms with van der Waals surface area (Å²) in [5.74, 6) is 1.33. The second kappa shape index (κ2) is 6.17. The number of nitrogens with one attached hydrogen (secondary N) is 1. The van der Waals surface area contributed by atoms with E-state index in [2.05, 4.69) is 26.8 Å². The van der Waals surface area contributed by atoms with Gasteiger partial charge in [0.05, 0.1) is 0 Å². The van der Waals surface area contributed by atoms with E-state index in [0.717, 1.165) is 25.3 Å². The minimum absolute atomic E-state index is 0.00978. The van der Waals surface area contributed by atoms with E-state index < -0.39 is 0 Å². The zero-order valence-electron chi connectivity index (χ0n) is 12.6. The number of hydrogen-bond donors (Lipinski definition) is 2. The summed E-state index contributed by atoms with van der Waals surface area (Å²) in [5.41, 5.74) is 6.87. The molecule has 0 atom stereocenters. The molecule has 0 bridgehead atoms. The highest BCUT2D eigenvalue weighted by Gasteiger charge is 2.19. The first-order valence-corrected chi connectivity index (χ1v) is 7.05. The lowest BCUT2D eigenvalue weighted by Gasteiger charge is -2.31. The lowest BCUT2D eigenvalue weighted by atomic mass is 9.97. The van der Waals surface area contributed by atoms with Crippen molar-refractivity contribution in [1.82, 2.24) is 14.9 Å². The minimum Gasteiger partial charge on any atom is -0.382 e. The van der Waals surface area contributed by atoms with Crippen molar-refractivity contribution in [3.8, 4) is 0 Å². The molecule has 1 aliphatic rings. The van der Waals surface area contributed by atoms with Crippen molar-refractivity contribution in [2.45, 2.75) is 19.8 Å². The highest BCUT2D eigenvalue weighted by molar-refractivity contribution is 5.93. The Morgan fingerprint density at radius 1 is 1.45 bits per heavy atom. The number of anilines is 1. The fourth-order valence-electron chi connectivity index (χ4n) is 2.58. The maximum atomic E-state index is 7.51. The minimum atomic E-state index is -0.00978. The number of nitrogens with two attached hydrogens (primary N) is 1. The lowest BCUT2D eigenvalue weighted by Crippen LogP contribution is -2.36. The number of nitrogen functional groups attached to an aromatic ring is 1. The average molecular weight is 276 g/mol. The number of hydrogen-bond acceptors (Lipinski definition) is 5. The van der Waals surface area contributed by atoms with E-state index in [-0.39, 0.29) is 5.84 Å². The molecule has 1 aromatic heterocycles. The molecule has 6 nitrogen and oxygen atoms in total. The van der Waals surface area contributed by atoms with Crippen LogP contribution in [0.3, 0.4) is 0 Å². The van der Waals surface area contributed by atoms with Crippen molar-refractivity contribution < 1.29 is 0 Å². The molecule has 3 N–H and O–H groups in total. The van der Waals surface area contributed by atoms with Gasteiger partial charge in [0.15, 0.2) is 0 Å². The van der Waals surface area contributed by atoms with Crippen LogP contribution in [0.15, 0.2) is 6.07 Å². The van der Waals surface area contributed by atoms with Crippen molar-refractivity contribution in [1.29, 1.82) is 5.41 Å². The summed E-state index contributed by atoms with van der Waals surface area (Å²) in [4.78, 5) is 13.3. The van der Waals surface area contributed by atoms with Gasteiger partial charge < -0.3 is 15.5 Å². The Balaban J connectivity index is 2.05. The Morgan fingerprint density at radius 2 is 2.10 bits per heavy atom. The number of nitrogens with zero attached hydrogens (tertiary/aromatic N) is 4. The third-order valence-electron chi connectivity index (χ3n) is 3.83. The summed E-state index contributed by atoms with van der Waals surface area (Å²) < 4.78 is 0. The van der Waals surface area contributed by atoms with Gasteiger partial charge in [0, 0.05) is 19.3 Å². The van der Waals surface area contributed by atoms with Crippen LogP contribution < -0.4 is 10.6 Å². The van der Waals surface area contributed by atoms with Gasteiger partial charge in [0.25, 0.3) is 0 Å². The topological polar surface area (TPSA) is 82.1 Å². The van der Waals surface area contributed by atoms with Crippen LogP contribution in [0.1, 0.15) is 24.2 Å². The second-order valence-corrected chi connectivity index (χ2v) is 5.74. The molecule has 1 aromatic rings. The molecule has 0 aliphatic carbocycles. The van der Waals surface area contributed by atoms with E-state index in [1.807, 2.05) is 14.0 Å². The monoisotopic (exact) mass is 276 g/mol. The lowest BCUT2D eigenvalue weighted by molar-refractivity contribution is 0.222. The molecular weight excluding hydrogens is 252 g/mol. The molecule has 1 aliphatic heterocycles. The fraction of sp³-hybridized carbons (Fsp3) is 0.643. The fourth-order valence-corrected chi connectivity index (χ4v) is 2.58. The molecule has 0 saturated carbocycles. The predicted octanol–water partition coefficient (Wildman–Crippen LogP) is 0.847. The van der Waals surface area contributed by atoms with Crippen LogP contribution in [0, 0.1) is 18.3 Å². The largest absolute Gasteiger partial charge is 0.382 e. The van der Waals surface area contributed by atoms with Gasteiger partial charge in [0.1, 0.15) is 11.5 Å². The van der Waals surface area contributed by atoms with Crippen molar-refractivity contribution in [2.24, 2.45) is 11.7 Å². The third kappa shape index (κ3) is 3.66. The van der Waals surface area contributed by atoms with Crippen molar-refractivity contribution in [3.05, 3.63) is 17.5 Å². The first-order chi connectivity index (χ1) is 9.45. The number of amidine groups is 1. The van der Waals surface area contributed by atoms with Gasteiger partial charge in [-0.25, -0.2) is 9.97 Å². The van der Waals surface area contributed by atoms with Crippen molar-refractivity contribution in [3.63, 3.8) is 0 Å². The SMILES string of the molecule is Cc1cc(C(=N)N)nc(N(C)CC2CCN(C)CC2)n1. The summed E-state index contributed by atoms with van der Waals surface area (Å²) in [5, 5.41) is 7.51. The Labute approximate surface area is 120 Å². The summed E-state index contributed by atoms with van der Waals surface area (Å²) in [6.07, 6.45) is 2.43.